The van der Waals surface area contributed by atoms with Crippen LogP contribution in [0.2, 0.25) is 0 Å². The zero-order valence-corrected chi connectivity index (χ0v) is 8.73. The van der Waals surface area contributed by atoms with E-state index in [1.165, 1.54) is 11.8 Å². The summed E-state index contributed by atoms with van der Waals surface area (Å²) in [6, 6.07) is 7.19. The van der Waals surface area contributed by atoms with E-state index >= 15 is 0 Å². The second-order valence-electron chi connectivity index (χ2n) is 3.34. The van der Waals surface area contributed by atoms with E-state index < -0.39 is 5.97 Å². The molecule has 1 N–H and O–H groups in total. The number of carbonyl (C=O) groups excluding carboxylic acids is 1. The van der Waals surface area contributed by atoms with Gasteiger partial charge in [-0.3, -0.25) is 9.59 Å². The van der Waals surface area contributed by atoms with E-state index in [-0.39, 0.29) is 12.5 Å². The molecule has 4 nitrogen and oxygen atoms in total. The third-order valence-corrected chi connectivity index (χ3v) is 1.99. The third-order valence-electron chi connectivity index (χ3n) is 1.99. The Morgan fingerprint density at radius 3 is 2.53 bits per heavy atom. The van der Waals surface area contributed by atoms with Gasteiger partial charge in [-0.1, -0.05) is 12.1 Å². The number of aliphatic carboxylic acids is 1. The smallest absolute Gasteiger partial charge is 0.323 e. The molecular weight excluding hydrogens is 194 g/mol. The van der Waals surface area contributed by atoms with Gasteiger partial charge in [-0.05, 0) is 24.6 Å². The van der Waals surface area contributed by atoms with Crippen molar-refractivity contribution in [2.24, 2.45) is 0 Å². The van der Waals surface area contributed by atoms with Crippen LogP contribution in [0.5, 0.6) is 0 Å². The summed E-state index contributed by atoms with van der Waals surface area (Å²) < 4.78 is 0. The fourth-order valence-corrected chi connectivity index (χ4v) is 1.32. The molecule has 15 heavy (non-hydrogen) atoms. The molecule has 0 atom stereocenters. The minimum Gasteiger partial charge on any atom is -0.480 e. The quantitative estimate of drug-likeness (QED) is 0.815. The number of rotatable bonds is 3. The van der Waals surface area contributed by atoms with E-state index in [4.69, 9.17) is 5.11 Å². The van der Waals surface area contributed by atoms with E-state index in [2.05, 4.69) is 0 Å². The molecule has 0 unspecified atom stereocenters. The zero-order valence-electron chi connectivity index (χ0n) is 8.73. The molecule has 0 aromatic heterocycles. The molecule has 0 aliphatic rings. The average Bonchev–Trinajstić information content (AvgIpc) is 2.13. The molecule has 0 fully saturated rings. The van der Waals surface area contributed by atoms with Crippen LogP contribution in [0.15, 0.2) is 24.3 Å². The van der Waals surface area contributed by atoms with Crippen LogP contribution in [-0.4, -0.2) is 23.5 Å². The summed E-state index contributed by atoms with van der Waals surface area (Å²) in [6.45, 7) is 2.94. The highest BCUT2D eigenvalue weighted by atomic mass is 16.4. The molecule has 0 bridgehead atoms. The molecule has 4 heteroatoms. The van der Waals surface area contributed by atoms with Crippen LogP contribution < -0.4 is 4.90 Å². The van der Waals surface area contributed by atoms with Crippen molar-refractivity contribution in [2.45, 2.75) is 13.8 Å². The van der Waals surface area contributed by atoms with E-state index in [1.807, 2.05) is 13.0 Å². The lowest BCUT2D eigenvalue weighted by Gasteiger charge is -2.19. The van der Waals surface area contributed by atoms with Crippen LogP contribution in [0.1, 0.15) is 12.5 Å². The maximum Gasteiger partial charge on any atom is 0.323 e. The fraction of sp³-hybridized carbons (Fsp3) is 0.273. The number of carboxylic acids is 1. The first-order valence-electron chi connectivity index (χ1n) is 4.57. The number of anilines is 1. The average molecular weight is 207 g/mol. The molecule has 0 radical (unpaired) electrons. The Hall–Kier alpha value is -1.84. The van der Waals surface area contributed by atoms with Crippen molar-refractivity contribution in [1.29, 1.82) is 0 Å². The Labute approximate surface area is 88.1 Å². The number of hydrogen-bond donors (Lipinski definition) is 1. The summed E-state index contributed by atoms with van der Waals surface area (Å²) in [6.07, 6.45) is 0. The second-order valence-corrected chi connectivity index (χ2v) is 3.34. The summed E-state index contributed by atoms with van der Waals surface area (Å²) in [5.41, 5.74) is 1.61. The van der Waals surface area contributed by atoms with Crippen molar-refractivity contribution in [3.8, 4) is 0 Å². The minimum atomic E-state index is -1.02. The number of carboxylic acid groups (broad SMARTS) is 1. The van der Waals surface area contributed by atoms with Gasteiger partial charge in [-0.25, -0.2) is 0 Å². The zero-order chi connectivity index (χ0) is 11.4. The van der Waals surface area contributed by atoms with Crippen molar-refractivity contribution >= 4 is 17.6 Å². The van der Waals surface area contributed by atoms with Gasteiger partial charge in [0.05, 0.1) is 0 Å². The highest BCUT2D eigenvalue weighted by Gasteiger charge is 2.14. The van der Waals surface area contributed by atoms with E-state index in [0.29, 0.717) is 5.69 Å². The van der Waals surface area contributed by atoms with Crippen molar-refractivity contribution in [2.75, 3.05) is 11.4 Å². The largest absolute Gasteiger partial charge is 0.480 e. The molecule has 0 saturated heterocycles. The first-order valence-corrected chi connectivity index (χ1v) is 4.57. The van der Waals surface area contributed by atoms with Gasteiger partial charge in [0, 0.05) is 12.6 Å². The maximum absolute atomic E-state index is 11.3. The third kappa shape index (κ3) is 3.09. The summed E-state index contributed by atoms with van der Waals surface area (Å²) in [5.74, 6) is -1.30. The summed E-state index contributed by atoms with van der Waals surface area (Å²) in [7, 11) is 0. The lowest BCUT2D eigenvalue weighted by molar-refractivity contribution is -0.136. The van der Waals surface area contributed by atoms with E-state index in [1.54, 1.807) is 18.2 Å². The SMILES string of the molecule is CC(=O)N(CC(=O)O)c1cccc(C)c1. The lowest BCUT2D eigenvalue weighted by atomic mass is 10.2. The van der Waals surface area contributed by atoms with Gasteiger partial charge in [0.15, 0.2) is 0 Å². The number of benzene rings is 1. The van der Waals surface area contributed by atoms with Crippen LogP contribution >= 0.6 is 0 Å². The Kier molecular flexibility index (Phi) is 3.44. The predicted octanol–water partition coefficient (Wildman–Crippen LogP) is 1.43. The first kappa shape index (κ1) is 11.2. The molecule has 1 aromatic rings. The maximum atomic E-state index is 11.3. The van der Waals surface area contributed by atoms with Crippen LogP contribution in [0.4, 0.5) is 5.69 Å². The number of nitrogens with zero attached hydrogens (tertiary/aromatic N) is 1. The molecule has 0 aliphatic heterocycles. The van der Waals surface area contributed by atoms with Crippen molar-refractivity contribution in [3.05, 3.63) is 29.8 Å². The van der Waals surface area contributed by atoms with Crippen LogP contribution in [0.3, 0.4) is 0 Å². The molecule has 0 spiro atoms. The topological polar surface area (TPSA) is 57.6 Å². The first-order chi connectivity index (χ1) is 7.00. The molecule has 0 saturated carbocycles. The van der Waals surface area contributed by atoms with Gasteiger partial charge >= 0.3 is 5.97 Å². The highest BCUT2D eigenvalue weighted by molar-refractivity contribution is 5.95. The molecule has 0 heterocycles. The molecule has 1 aromatic carbocycles. The molecule has 1 rings (SSSR count). The number of amides is 1. The summed E-state index contributed by atoms with van der Waals surface area (Å²) in [5, 5.41) is 8.67. The monoisotopic (exact) mass is 207 g/mol. The molecule has 1 amide bonds. The van der Waals surface area contributed by atoms with Crippen molar-refractivity contribution < 1.29 is 14.7 Å². The summed E-state index contributed by atoms with van der Waals surface area (Å²) in [4.78, 5) is 23.1. The van der Waals surface area contributed by atoms with Crippen molar-refractivity contribution in [3.63, 3.8) is 0 Å². The molecule has 80 valence electrons. The highest BCUT2D eigenvalue weighted by Crippen LogP contribution is 2.15. The van der Waals surface area contributed by atoms with Crippen LogP contribution in [0, 0.1) is 6.92 Å². The normalized spacial score (nSPS) is 9.73. The number of aryl methyl sites for hydroxylation is 1. The Balaban J connectivity index is 2.98. The Morgan fingerprint density at radius 2 is 2.07 bits per heavy atom. The standard InChI is InChI=1S/C11H13NO3/c1-8-4-3-5-10(6-8)12(9(2)13)7-11(14)15/h3-6H,7H2,1-2H3,(H,14,15). The second kappa shape index (κ2) is 4.59. The predicted molar refractivity (Wildman–Crippen MR) is 56.8 cm³/mol. The number of carbonyl (C=O) groups is 2. The Bertz CT molecular complexity index is 387. The van der Waals surface area contributed by atoms with Crippen LogP contribution in [-0.2, 0) is 9.59 Å². The fourth-order valence-electron chi connectivity index (χ4n) is 1.32. The van der Waals surface area contributed by atoms with Gasteiger partial charge in [0.1, 0.15) is 6.54 Å². The summed E-state index contributed by atoms with van der Waals surface area (Å²) >= 11 is 0. The molecular formula is C11H13NO3. The van der Waals surface area contributed by atoms with E-state index in [0.717, 1.165) is 5.56 Å². The van der Waals surface area contributed by atoms with Gasteiger partial charge in [-0.2, -0.15) is 0 Å². The van der Waals surface area contributed by atoms with Gasteiger partial charge in [0.2, 0.25) is 5.91 Å². The van der Waals surface area contributed by atoms with Crippen LogP contribution in [0.25, 0.3) is 0 Å². The van der Waals surface area contributed by atoms with Gasteiger partial charge in [0.25, 0.3) is 0 Å². The van der Waals surface area contributed by atoms with Crippen molar-refractivity contribution in [1.82, 2.24) is 0 Å². The Morgan fingerprint density at radius 1 is 1.40 bits per heavy atom. The lowest BCUT2D eigenvalue weighted by Crippen LogP contribution is -2.33. The molecule has 0 aliphatic carbocycles. The van der Waals surface area contributed by atoms with Gasteiger partial charge in [-0.15, -0.1) is 0 Å². The minimum absolute atomic E-state index is 0.275. The van der Waals surface area contributed by atoms with E-state index in [9.17, 15) is 9.59 Å². The number of hydrogen-bond acceptors (Lipinski definition) is 2. The van der Waals surface area contributed by atoms with Gasteiger partial charge < -0.3 is 10.0 Å².